The number of carbonyl (C=O) groups is 3. The maximum atomic E-state index is 13.7. The fraction of sp³-hybridized carbons (Fsp3) is 0.333. The van der Waals surface area contributed by atoms with E-state index in [4.69, 9.17) is 9.47 Å². The molecule has 0 radical (unpaired) electrons. The van der Waals surface area contributed by atoms with Crippen molar-refractivity contribution in [1.29, 1.82) is 0 Å². The number of methoxy groups -OCH3 is 2. The van der Waals surface area contributed by atoms with Crippen molar-refractivity contribution in [2.45, 2.75) is 32.0 Å². The van der Waals surface area contributed by atoms with Crippen LogP contribution in [-0.2, 0) is 13.1 Å². The number of hydrogen-bond acceptors (Lipinski definition) is 7. The second kappa shape index (κ2) is 13.3. The van der Waals surface area contributed by atoms with Gasteiger partial charge in [-0.05, 0) is 85.4 Å². The molecular weight excluding hydrogens is 574 g/mol. The Balaban J connectivity index is 1.22. The van der Waals surface area contributed by atoms with Gasteiger partial charge in [0.1, 0.15) is 11.5 Å². The first kappa shape index (κ1) is 29.9. The Morgan fingerprint density at radius 2 is 1.53 bits per heavy atom. The molecule has 234 valence electrons. The topological polar surface area (TPSA) is 139 Å². The lowest BCUT2D eigenvalue weighted by molar-refractivity contribution is 0.0618. The van der Waals surface area contributed by atoms with Crippen molar-refractivity contribution in [3.05, 3.63) is 83.6 Å². The molecule has 12 nitrogen and oxygen atoms in total. The molecule has 7 rings (SSSR count). The van der Waals surface area contributed by atoms with Crippen LogP contribution in [0, 0.1) is 5.92 Å². The molecule has 1 aromatic heterocycles. The number of benzene rings is 3. The highest BCUT2D eigenvalue weighted by Crippen LogP contribution is 2.29. The zero-order valence-corrected chi connectivity index (χ0v) is 25.3. The fourth-order valence-electron chi connectivity index (χ4n) is 6.06. The minimum absolute atomic E-state index is 0.0192. The third kappa shape index (κ3) is 6.86. The van der Waals surface area contributed by atoms with Gasteiger partial charge in [0.05, 0.1) is 19.7 Å². The van der Waals surface area contributed by atoms with Crippen molar-refractivity contribution in [2.75, 3.05) is 39.2 Å². The Labute approximate surface area is 261 Å². The molecule has 4 heterocycles. The molecule has 12 heteroatoms. The number of rotatable bonds is 9. The van der Waals surface area contributed by atoms with Crippen LogP contribution in [0.3, 0.4) is 0 Å². The molecule has 3 aliphatic heterocycles. The van der Waals surface area contributed by atoms with Crippen molar-refractivity contribution in [3.8, 4) is 11.5 Å². The van der Waals surface area contributed by atoms with E-state index in [1.807, 2.05) is 48.5 Å². The molecule has 0 saturated carbocycles. The smallest absolute Gasteiger partial charge is 0.342 e. The minimum atomic E-state index is -0.485. The van der Waals surface area contributed by atoms with Crippen LogP contribution in [0.1, 0.15) is 34.5 Å². The number of piperidine rings is 3. The summed E-state index contributed by atoms with van der Waals surface area (Å²) in [6.07, 6.45) is 2.09. The van der Waals surface area contributed by atoms with Crippen LogP contribution < -0.4 is 30.7 Å². The molecule has 3 aliphatic rings. The molecular formula is C33H37N7O5. The van der Waals surface area contributed by atoms with Gasteiger partial charge in [-0.1, -0.05) is 24.3 Å². The predicted molar refractivity (Wildman–Crippen MR) is 170 cm³/mol. The number of anilines is 1. The molecule has 3 fully saturated rings. The zero-order chi connectivity index (χ0) is 31.3. The van der Waals surface area contributed by atoms with Crippen LogP contribution in [0.25, 0.3) is 10.9 Å². The van der Waals surface area contributed by atoms with Crippen LogP contribution in [0.5, 0.6) is 11.5 Å². The highest BCUT2D eigenvalue weighted by Gasteiger charge is 2.35. The zero-order valence-electron chi connectivity index (χ0n) is 25.3. The van der Waals surface area contributed by atoms with Crippen molar-refractivity contribution < 1.29 is 23.9 Å². The average molecular weight is 612 g/mol. The Morgan fingerprint density at radius 1 is 0.867 bits per heavy atom. The number of aromatic nitrogens is 2. The number of carbonyl (C=O) groups excluding carboxylic acids is 3. The van der Waals surface area contributed by atoms with Gasteiger partial charge in [-0.2, -0.15) is 9.78 Å². The quantitative estimate of drug-likeness (QED) is 0.225. The summed E-state index contributed by atoms with van der Waals surface area (Å²) in [4.78, 5) is 42.2. The summed E-state index contributed by atoms with van der Waals surface area (Å²) in [5, 5.41) is 16.7. The molecule has 4 N–H and O–H groups in total. The summed E-state index contributed by atoms with van der Waals surface area (Å²) in [5.41, 5.74) is 2.76. The maximum Gasteiger partial charge on any atom is 0.342 e. The van der Waals surface area contributed by atoms with Crippen LogP contribution in [-0.4, -0.2) is 72.5 Å². The molecule has 2 bridgehead atoms. The number of amides is 4. The first-order valence-corrected chi connectivity index (χ1v) is 15.0. The number of hydrogen-bond donors (Lipinski definition) is 4. The van der Waals surface area contributed by atoms with Crippen LogP contribution >= 0.6 is 0 Å². The monoisotopic (exact) mass is 611 g/mol. The Morgan fingerprint density at radius 3 is 2.16 bits per heavy atom. The molecule has 45 heavy (non-hydrogen) atoms. The second-order valence-electron chi connectivity index (χ2n) is 11.4. The summed E-state index contributed by atoms with van der Waals surface area (Å²) in [5.74, 6) is 1.46. The highest BCUT2D eigenvalue weighted by atomic mass is 16.5. The van der Waals surface area contributed by atoms with Crippen molar-refractivity contribution in [3.63, 3.8) is 0 Å². The van der Waals surface area contributed by atoms with Gasteiger partial charge in [0.15, 0.2) is 5.69 Å². The first-order chi connectivity index (χ1) is 21.9. The summed E-state index contributed by atoms with van der Waals surface area (Å²) in [7, 11) is 3.18. The van der Waals surface area contributed by atoms with E-state index in [9.17, 15) is 14.4 Å². The van der Waals surface area contributed by atoms with Crippen LogP contribution in [0.4, 0.5) is 15.3 Å². The van der Waals surface area contributed by atoms with Crippen molar-refractivity contribution >= 4 is 34.6 Å². The summed E-state index contributed by atoms with van der Waals surface area (Å²) < 4.78 is 11.7. The molecule has 1 atom stereocenters. The number of nitrogens with zero attached hydrogens (tertiary/aromatic N) is 3. The second-order valence-corrected chi connectivity index (χ2v) is 11.4. The van der Waals surface area contributed by atoms with Crippen LogP contribution in [0.15, 0.2) is 66.7 Å². The Kier molecular flexibility index (Phi) is 8.83. The van der Waals surface area contributed by atoms with Gasteiger partial charge in [0.25, 0.3) is 5.91 Å². The third-order valence-electron chi connectivity index (χ3n) is 8.48. The largest absolute Gasteiger partial charge is 0.497 e. The molecule has 4 amide bonds. The van der Waals surface area contributed by atoms with Gasteiger partial charge in [0.2, 0.25) is 0 Å². The normalized spacial score (nSPS) is 18.7. The van der Waals surface area contributed by atoms with Gasteiger partial charge in [-0.25, -0.2) is 9.59 Å². The number of urea groups is 1. The van der Waals surface area contributed by atoms with E-state index in [1.54, 1.807) is 32.4 Å². The van der Waals surface area contributed by atoms with Crippen molar-refractivity contribution in [1.82, 2.24) is 30.6 Å². The van der Waals surface area contributed by atoms with E-state index in [0.717, 1.165) is 43.6 Å². The van der Waals surface area contributed by atoms with E-state index in [2.05, 4.69) is 31.3 Å². The summed E-state index contributed by atoms with van der Waals surface area (Å²) in [6.45, 7) is 3.44. The van der Waals surface area contributed by atoms with E-state index >= 15 is 0 Å². The van der Waals surface area contributed by atoms with E-state index < -0.39 is 12.1 Å². The molecule has 0 spiro atoms. The van der Waals surface area contributed by atoms with Gasteiger partial charge in [-0.3, -0.25) is 4.79 Å². The number of ether oxygens (including phenoxy) is 2. The van der Waals surface area contributed by atoms with Crippen LogP contribution in [0.2, 0.25) is 0 Å². The number of nitrogens with one attached hydrogen (secondary N) is 4. The van der Waals surface area contributed by atoms with Gasteiger partial charge >= 0.3 is 12.1 Å². The standard InChI is InChI=1S/C33H37N7O5/c1-44-25-7-3-5-21(15-25)18-34-32(42)36-24-9-10-29-27(17-24)30(31(41)37-28-20-39-13-11-23(28)12-14-39)38-40(29)33(43)35-19-22-6-4-8-26(16-22)45-2/h3-10,15-17,23,28H,11-14,18-20H2,1-2H3,(H,35,43)(H,37,41)(H2,34,36,42)/t28-/m1/s1. The molecule has 3 aromatic carbocycles. The molecule has 0 unspecified atom stereocenters. The Hall–Kier alpha value is -5.10. The molecule has 0 aliphatic carbocycles. The lowest BCUT2D eigenvalue weighted by atomic mass is 9.84. The lowest BCUT2D eigenvalue weighted by Gasteiger charge is -2.44. The van der Waals surface area contributed by atoms with E-state index in [-0.39, 0.29) is 24.2 Å². The van der Waals surface area contributed by atoms with Gasteiger partial charge in [0, 0.05) is 36.7 Å². The minimum Gasteiger partial charge on any atom is -0.497 e. The predicted octanol–water partition coefficient (Wildman–Crippen LogP) is 3.96. The lowest BCUT2D eigenvalue weighted by Crippen LogP contribution is -2.57. The molecule has 4 aromatic rings. The summed E-state index contributed by atoms with van der Waals surface area (Å²) in [6, 6.07) is 19.0. The average Bonchev–Trinajstić information content (AvgIpc) is 3.46. The van der Waals surface area contributed by atoms with Gasteiger partial charge < -0.3 is 35.6 Å². The first-order valence-electron chi connectivity index (χ1n) is 15.0. The van der Waals surface area contributed by atoms with E-state index in [0.29, 0.717) is 40.6 Å². The molecule has 3 saturated heterocycles. The van der Waals surface area contributed by atoms with Crippen molar-refractivity contribution in [2.24, 2.45) is 5.92 Å². The third-order valence-corrected chi connectivity index (χ3v) is 8.48. The SMILES string of the molecule is COc1cccc(CNC(=O)Nc2ccc3c(c2)c(C(=O)N[C@@H]2CN4CCC2CC4)nn3C(=O)NCc2cccc(OC)c2)c1. The Bertz CT molecular complexity index is 1710. The summed E-state index contributed by atoms with van der Waals surface area (Å²) >= 11 is 0. The number of fused-ring (bicyclic) bond motifs is 4. The van der Waals surface area contributed by atoms with E-state index in [1.165, 1.54) is 4.68 Å². The highest BCUT2D eigenvalue weighted by molar-refractivity contribution is 6.08. The maximum absolute atomic E-state index is 13.7. The fourth-order valence-corrected chi connectivity index (χ4v) is 6.06. The van der Waals surface area contributed by atoms with Gasteiger partial charge in [-0.15, -0.1) is 0 Å².